The van der Waals surface area contributed by atoms with Crippen LogP contribution in [0.3, 0.4) is 0 Å². The lowest BCUT2D eigenvalue weighted by Crippen LogP contribution is -2.24. The molecule has 24 heavy (non-hydrogen) atoms. The minimum atomic E-state index is -4.48. The fourth-order valence-corrected chi connectivity index (χ4v) is 2.79. The second-order valence-electron chi connectivity index (χ2n) is 4.64. The van der Waals surface area contributed by atoms with E-state index in [0.29, 0.717) is 0 Å². The first-order valence-electron chi connectivity index (χ1n) is 6.60. The van der Waals surface area contributed by atoms with Gasteiger partial charge in [0, 0.05) is 5.56 Å². The third-order valence-corrected chi connectivity index (χ3v) is 4.33. The maximum absolute atomic E-state index is 13.5. The Morgan fingerprint density at radius 2 is 1.75 bits per heavy atom. The molecule has 0 aliphatic carbocycles. The molecule has 0 amide bonds. The van der Waals surface area contributed by atoms with E-state index in [1.807, 2.05) is 0 Å². The van der Waals surface area contributed by atoms with Crippen molar-refractivity contribution in [1.82, 2.24) is 4.72 Å². The van der Waals surface area contributed by atoms with E-state index in [1.165, 1.54) is 24.3 Å². The summed E-state index contributed by atoms with van der Waals surface area (Å²) in [6.07, 6.45) is -4.48. The molecule has 0 spiro atoms. The van der Waals surface area contributed by atoms with Crippen LogP contribution in [0.15, 0.2) is 53.4 Å². The molecule has 0 atom stereocenters. The van der Waals surface area contributed by atoms with Crippen molar-refractivity contribution in [3.63, 3.8) is 0 Å². The number of nitrogens with one attached hydrogen (secondary N) is 1. The molecule has 0 bridgehead atoms. The van der Waals surface area contributed by atoms with Crippen LogP contribution in [-0.2, 0) is 16.2 Å². The van der Waals surface area contributed by atoms with Gasteiger partial charge in [0.2, 0.25) is 10.0 Å². The molecule has 8 heteroatoms. The van der Waals surface area contributed by atoms with E-state index < -0.39 is 32.5 Å². The average molecular weight is 357 g/mol. The summed E-state index contributed by atoms with van der Waals surface area (Å²) in [6.45, 7) is -0.368. The number of hydrogen-bond donors (Lipinski definition) is 1. The van der Waals surface area contributed by atoms with Crippen LogP contribution in [0.4, 0.5) is 17.6 Å². The number of rotatable bonds is 3. The Hall–Kier alpha value is -2.37. The van der Waals surface area contributed by atoms with Crippen molar-refractivity contribution in [2.45, 2.75) is 11.1 Å². The predicted molar refractivity (Wildman–Crippen MR) is 79.9 cm³/mol. The fourth-order valence-electron chi connectivity index (χ4n) is 1.79. The van der Waals surface area contributed by atoms with Crippen molar-refractivity contribution < 1.29 is 26.0 Å². The maximum Gasteiger partial charge on any atom is 0.416 e. The van der Waals surface area contributed by atoms with Gasteiger partial charge >= 0.3 is 6.18 Å². The zero-order valence-electron chi connectivity index (χ0n) is 12.1. The van der Waals surface area contributed by atoms with E-state index in [0.717, 1.165) is 24.3 Å². The number of benzene rings is 2. The summed E-state index contributed by atoms with van der Waals surface area (Å²) in [5.74, 6) is 3.91. The van der Waals surface area contributed by atoms with Crippen LogP contribution < -0.4 is 4.72 Å². The van der Waals surface area contributed by atoms with Crippen molar-refractivity contribution in [3.05, 3.63) is 65.5 Å². The van der Waals surface area contributed by atoms with Crippen LogP contribution in [0.25, 0.3) is 0 Å². The van der Waals surface area contributed by atoms with Crippen LogP contribution >= 0.6 is 0 Å². The first-order valence-corrected chi connectivity index (χ1v) is 8.09. The standard InChI is InChI=1S/C16H11F4NO2S/c17-14-8-1-2-9-15(14)24(22,23)21-10-4-6-12-5-3-7-13(11-12)16(18,19)20/h1-3,5,7-9,11,21H,10H2. The molecule has 0 fully saturated rings. The van der Waals surface area contributed by atoms with Crippen LogP contribution in [0, 0.1) is 17.7 Å². The summed E-state index contributed by atoms with van der Waals surface area (Å²) in [5, 5.41) is 0. The van der Waals surface area contributed by atoms with Gasteiger partial charge < -0.3 is 0 Å². The van der Waals surface area contributed by atoms with Crippen LogP contribution in [-0.4, -0.2) is 15.0 Å². The first-order chi connectivity index (χ1) is 11.2. The largest absolute Gasteiger partial charge is 0.416 e. The zero-order chi connectivity index (χ0) is 17.8. The van der Waals surface area contributed by atoms with Crippen molar-refractivity contribution >= 4 is 10.0 Å². The normalized spacial score (nSPS) is 11.7. The second kappa shape index (κ2) is 7.03. The van der Waals surface area contributed by atoms with E-state index >= 15 is 0 Å². The molecule has 2 rings (SSSR count). The minimum Gasteiger partial charge on any atom is -0.207 e. The molecule has 0 aliphatic rings. The molecule has 0 aliphatic heterocycles. The predicted octanol–water partition coefficient (Wildman–Crippen LogP) is 3.17. The van der Waals surface area contributed by atoms with Gasteiger partial charge in [0.15, 0.2) is 0 Å². The Balaban J connectivity index is 2.08. The Labute approximate surface area is 136 Å². The molecule has 0 saturated carbocycles. The lowest BCUT2D eigenvalue weighted by molar-refractivity contribution is -0.137. The van der Waals surface area contributed by atoms with Gasteiger partial charge in [-0.05, 0) is 30.3 Å². The van der Waals surface area contributed by atoms with Gasteiger partial charge in [-0.25, -0.2) is 12.8 Å². The SMILES string of the molecule is O=S(=O)(NCC#Cc1cccc(C(F)(F)F)c1)c1ccccc1F. The van der Waals surface area contributed by atoms with Crippen molar-refractivity contribution in [2.24, 2.45) is 0 Å². The van der Waals surface area contributed by atoms with E-state index in [2.05, 4.69) is 16.6 Å². The molecular formula is C16H11F4NO2S. The van der Waals surface area contributed by atoms with E-state index in [-0.39, 0.29) is 12.1 Å². The highest BCUT2D eigenvalue weighted by Crippen LogP contribution is 2.29. The second-order valence-corrected chi connectivity index (χ2v) is 6.37. The summed E-state index contributed by atoms with van der Waals surface area (Å²) in [4.78, 5) is -0.522. The summed E-state index contributed by atoms with van der Waals surface area (Å²) < 4.78 is 77.0. The van der Waals surface area contributed by atoms with E-state index in [1.54, 1.807) is 0 Å². The summed E-state index contributed by atoms with van der Waals surface area (Å²) in [7, 11) is -4.08. The van der Waals surface area contributed by atoms with Gasteiger partial charge in [-0.3, -0.25) is 0 Å². The molecular weight excluding hydrogens is 346 g/mol. The summed E-state index contributed by atoms with van der Waals surface area (Å²) >= 11 is 0. The highest BCUT2D eigenvalue weighted by molar-refractivity contribution is 7.89. The molecule has 1 N–H and O–H groups in total. The van der Waals surface area contributed by atoms with Crippen LogP contribution in [0.1, 0.15) is 11.1 Å². The number of halogens is 4. The highest BCUT2D eigenvalue weighted by atomic mass is 32.2. The lowest BCUT2D eigenvalue weighted by atomic mass is 10.1. The smallest absolute Gasteiger partial charge is 0.207 e. The summed E-state index contributed by atoms with van der Waals surface area (Å²) in [6, 6.07) is 9.16. The third kappa shape index (κ3) is 4.57. The molecule has 2 aromatic carbocycles. The third-order valence-electron chi connectivity index (χ3n) is 2.90. The molecule has 0 heterocycles. The van der Waals surface area contributed by atoms with Gasteiger partial charge in [0.1, 0.15) is 10.7 Å². The molecule has 0 unspecified atom stereocenters. The molecule has 0 radical (unpaired) electrons. The Bertz CT molecular complexity index is 896. The maximum atomic E-state index is 13.5. The molecule has 0 saturated heterocycles. The molecule has 126 valence electrons. The monoisotopic (exact) mass is 357 g/mol. The summed E-state index contributed by atoms with van der Waals surface area (Å²) in [5.41, 5.74) is -0.754. The number of sulfonamides is 1. The Kier molecular flexibility index (Phi) is 5.26. The Morgan fingerprint density at radius 3 is 2.42 bits per heavy atom. The minimum absolute atomic E-state index is 0.0925. The lowest BCUT2D eigenvalue weighted by Gasteiger charge is -2.06. The van der Waals surface area contributed by atoms with Gasteiger partial charge in [-0.1, -0.05) is 30.0 Å². The van der Waals surface area contributed by atoms with E-state index in [9.17, 15) is 26.0 Å². The van der Waals surface area contributed by atoms with E-state index in [4.69, 9.17) is 0 Å². The van der Waals surface area contributed by atoms with Gasteiger partial charge in [0.25, 0.3) is 0 Å². The van der Waals surface area contributed by atoms with Gasteiger partial charge in [0.05, 0.1) is 12.1 Å². The van der Waals surface area contributed by atoms with Crippen molar-refractivity contribution in [3.8, 4) is 11.8 Å². The molecule has 0 aromatic heterocycles. The number of hydrogen-bond acceptors (Lipinski definition) is 2. The first kappa shape index (κ1) is 18.0. The molecule has 2 aromatic rings. The van der Waals surface area contributed by atoms with Crippen LogP contribution in [0.5, 0.6) is 0 Å². The van der Waals surface area contributed by atoms with Gasteiger partial charge in [-0.15, -0.1) is 0 Å². The topological polar surface area (TPSA) is 46.2 Å². The van der Waals surface area contributed by atoms with Gasteiger partial charge in [-0.2, -0.15) is 17.9 Å². The zero-order valence-corrected chi connectivity index (χ0v) is 12.9. The van der Waals surface area contributed by atoms with Crippen molar-refractivity contribution in [2.75, 3.05) is 6.54 Å². The average Bonchev–Trinajstić information content (AvgIpc) is 2.51. The Morgan fingerprint density at radius 1 is 1.04 bits per heavy atom. The molecule has 3 nitrogen and oxygen atoms in total. The van der Waals surface area contributed by atoms with Crippen LogP contribution in [0.2, 0.25) is 0 Å². The highest BCUT2D eigenvalue weighted by Gasteiger charge is 2.30. The quantitative estimate of drug-likeness (QED) is 0.678. The van der Waals surface area contributed by atoms with Crippen molar-refractivity contribution in [1.29, 1.82) is 0 Å². The fraction of sp³-hybridized carbons (Fsp3) is 0.125. The number of alkyl halides is 3.